The lowest BCUT2D eigenvalue weighted by molar-refractivity contribution is 0.480. The zero-order chi connectivity index (χ0) is 14.0. The molecule has 1 aliphatic rings. The summed E-state index contributed by atoms with van der Waals surface area (Å²) in [5, 5.41) is 3.77. The molecule has 0 aromatic heterocycles. The van der Waals surface area contributed by atoms with Gasteiger partial charge in [0.1, 0.15) is 0 Å². The first-order valence-electron chi connectivity index (χ1n) is 8.37. The zero-order valence-electron chi connectivity index (χ0n) is 12.5. The van der Waals surface area contributed by atoms with Crippen LogP contribution >= 0.6 is 22.6 Å². The molecule has 1 aliphatic carbocycles. The molecule has 1 saturated carbocycles. The van der Waals surface area contributed by atoms with Gasteiger partial charge < -0.3 is 5.32 Å². The number of hydrogen-bond acceptors (Lipinski definition) is 1. The average molecular weight is 385 g/mol. The van der Waals surface area contributed by atoms with Crippen LogP contribution in [0.3, 0.4) is 0 Å². The van der Waals surface area contributed by atoms with Gasteiger partial charge in [-0.3, -0.25) is 0 Å². The normalized spacial score (nSPS) is 19.9. The molecular formula is C18H28IN. The van der Waals surface area contributed by atoms with E-state index in [0.717, 1.165) is 0 Å². The minimum atomic E-state index is 0.674. The molecule has 0 saturated heterocycles. The molecule has 0 spiro atoms. The molecule has 1 fully saturated rings. The summed E-state index contributed by atoms with van der Waals surface area (Å²) in [7, 11) is 0. The van der Waals surface area contributed by atoms with Crippen LogP contribution in [-0.2, 0) is 0 Å². The van der Waals surface area contributed by atoms with Crippen molar-refractivity contribution in [3.63, 3.8) is 0 Å². The molecule has 1 N–H and O–H groups in total. The summed E-state index contributed by atoms with van der Waals surface area (Å²) in [5.41, 5.74) is 1.30. The first kappa shape index (κ1) is 16.1. The molecular weight excluding hydrogens is 357 g/mol. The highest BCUT2D eigenvalue weighted by Gasteiger charge is 2.09. The van der Waals surface area contributed by atoms with Gasteiger partial charge in [-0.05, 0) is 53.6 Å². The second kappa shape index (κ2) is 9.64. The van der Waals surface area contributed by atoms with Crippen molar-refractivity contribution in [1.82, 2.24) is 0 Å². The van der Waals surface area contributed by atoms with E-state index in [0.29, 0.717) is 6.04 Å². The van der Waals surface area contributed by atoms with Crippen molar-refractivity contribution in [2.75, 3.05) is 5.32 Å². The predicted molar refractivity (Wildman–Crippen MR) is 97.4 cm³/mol. The molecule has 1 aromatic carbocycles. The second-order valence-electron chi connectivity index (χ2n) is 6.11. The second-order valence-corrected chi connectivity index (χ2v) is 7.36. The molecule has 0 radical (unpaired) electrons. The molecule has 0 bridgehead atoms. The molecule has 1 aromatic rings. The smallest absolute Gasteiger partial charge is 0.0352 e. The zero-order valence-corrected chi connectivity index (χ0v) is 14.7. The van der Waals surface area contributed by atoms with Crippen LogP contribution in [0.5, 0.6) is 0 Å². The van der Waals surface area contributed by atoms with Gasteiger partial charge in [-0.1, -0.05) is 63.9 Å². The van der Waals surface area contributed by atoms with Gasteiger partial charge in [-0.2, -0.15) is 0 Å². The monoisotopic (exact) mass is 385 g/mol. The van der Waals surface area contributed by atoms with Crippen molar-refractivity contribution in [2.24, 2.45) is 0 Å². The Morgan fingerprint density at radius 2 is 1.35 bits per heavy atom. The Hall–Kier alpha value is -0.250. The molecule has 2 heteroatoms. The topological polar surface area (TPSA) is 12.0 Å². The molecule has 0 atom stereocenters. The van der Waals surface area contributed by atoms with E-state index in [1.54, 1.807) is 0 Å². The number of rotatable bonds is 2. The van der Waals surface area contributed by atoms with Gasteiger partial charge in [0, 0.05) is 15.3 Å². The van der Waals surface area contributed by atoms with Crippen LogP contribution in [0, 0.1) is 3.57 Å². The Labute approximate surface area is 138 Å². The minimum Gasteiger partial charge on any atom is -0.382 e. The Kier molecular flexibility index (Phi) is 7.78. The number of anilines is 1. The van der Waals surface area contributed by atoms with Crippen LogP contribution in [0.2, 0.25) is 0 Å². The van der Waals surface area contributed by atoms with Crippen molar-refractivity contribution in [3.05, 3.63) is 27.8 Å². The fourth-order valence-electron chi connectivity index (χ4n) is 3.12. The maximum absolute atomic E-state index is 3.77. The maximum atomic E-state index is 3.77. The van der Waals surface area contributed by atoms with Gasteiger partial charge in [0.15, 0.2) is 0 Å². The fraction of sp³-hybridized carbons (Fsp3) is 0.667. The van der Waals surface area contributed by atoms with Gasteiger partial charge in [-0.15, -0.1) is 0 Å². The third-order valence-corrected chi connectivity index (χ3v) is 4.97. The lowest BCUT2D eigenvalue weighted by atomic mass is 9.98. The van der Waals surface area contributed by atoms with Gasteiger partial charge in [-0.25, -0.2) is 0 Å². The summed E-state index contributed by atoms with van der Waals surface area (Å²) in [6.07, 6.45) is 15.6. The van der Waals surface area contributed by atoms with E-state index in [1.165, 1.54) is 79.9 Å². The van der Waals surface area contributed by atoms with E-state index in [4.69, 9.17) is 0 Å². The van der Waals surface area contributed by atoms with Crippen molar-refractivity contribution in [2.45, 2.75) is 76.7 Å². The highest BCUT2D eigenvalue weighted by atomic mass is 127. The van der Waals surface area contributed by atoms with E-state index < -0.39 is 0 Å². The van der Waals surface area contributed by atoms with Crippen molar-refractivity contribution in [3.8, 4) is 0 Å². The van der Waals surface area contributed by atoms with Crippen LogP contribution in [0.15, 0.2) is 24.3 Å². The molecule has 112 valence electrons. The molecule has 0 aliphatic heterocycles. The lowest BCUT2D eigenvalue weighted by Gasteiger charge is -2.21. The van der Waals surface area contributed by atoms with E-state index in [9.17, 15) is 0 Å². The number of benzene rings is 1. The summed E-state index contributed by atoms with van der Waals surface area (Å²) in [6, 6.07) is 9.45. The number of nitrogens with one attached hydrogen (secondary N) is 1. The number of halogens is 1. The fourth-order valence-corrected chi connectivity index (χ4v) is 3.66. The Morgan fingerprint density at radius 3 is 1.90 bits per heavy atom. The Morgan fingerprint density at radius 1 is 0.800 bits per heavy atom. The van der Waals surface area contributed by atoms with Gasteiger partial charge in [0.2, 0.25) is 0 Å². The van der Waals surface area contributed by atoms with E-state index in [1.807, 2.05) is 0 Å². The van der Waals surface area contributed by atoms with Crippen molar-refractivity contribution < 1.29 is 0 Å². The van der Waals surface area contributed by atoms with Crippen LogP contribution in [0.4, 0.5) is 5.69 Å². The SMILES string of the molecule is Ic1cccc(NC2CCCCCCCCCCC2)c1. The lowest BCUT2D eigenvalue weighted by Crippen LogP contribution is -2.19. The maximum Gasteiger partial charge on any atom is 0.0352 e. The third kappa shape index (κ3) is 6.47. The van der Waals surface area contributed by atoms with Gasteiger partial charge >= 0.3 is 0 Å². The highest BCUT2D eigenvalue weighted by molar-refractivity contribution is 14.1. The first-order chi connectivity index (χ1) is 9.84. The van der Waals surface area contributed by atoms with Crippen LogP contribution in [-0.4, -0.2) is 6.04 Å². The molecule has 0 heterocycles. The van der Waals surface area contributed by atoms with Crippen molar-refractivity contribution in [1.29, 1.82) is 0 Å². The largest absolute Gasteiger partial charge is 0.382 e. The van der Waals surface area contributed by atoms with E-state index in [-0.39, 0.29) is 0 Å². The summed E-state index contributed by atoms with van der Waals surface area (Å²) in [6.45, 7) is 0. The van der Waals surface area contributed by atoms with E-state index >= 15 is 0 Å². The molecule has 20 heavy (non-hydrogen) atoms. The third-order valence-electron chi connectivity index (χ3n) is 4.30. The standard InChI is InChI=1S/C18H28IN/c19-16-11-10-14-18(15-16)20-17-12-8-6-4-2-1-3-5-7-9-13-17/h10-11,14-15,17,20H,1-9,12-13H2. The minimum absolute atomic E-state index is 0.674. The Bertz CT molecular complexity index is 365. The summed E-state index contributed by atoms with van der Waals surface area (Å²) in [4.78, 5) is 0. The van der Waals surface area contributed by atoms with Crippen LogP contribution in [0.25, 0.3) is 0 Å². The first-order valence-corrected chi connectivity index (χ1v) is 9.44. The van der Waals surface area contributed by atoms with Crippen LogP contribution in [0.1, 0.15) is 70.6 Å². The highest BCUT2D eigenvalue weighted by Crippen LogP contribution is 2.21. The summed E-state index contributed by atoms with van der Waals surface area (Å²) >= 11 is 2.39. The van der Waals surface area contributed by atoms with Crippen LogP contribution < -0.4 is 5.32 Å². The number of hydrogen-bond donors (Lipinski definition) is 1. The molecule has 1 nitrogen and oxygen atoms in total. The quantitative estimate of drug-likeness (QED) is 0.583. The summed E-state index contributed by atoms with van der Waals surface area (Å²) in [5.74, 6) is 0. The molecule has 0 amide bonds. The summed E-state index contributed by atoms with van der Waals surface area (Å²) < 4.78 is 1.32. The Balaban J connectivity index is 1.85. The van der Waals surface area contributed by atoms with Gasteiger partial charge in [0.05, 0.1) is 0 Å². The molecule has 0 unspecified atom stereocenters. The molecule has 2 rings (SSSR count). The van der Waals surface area contributed by atoms with E-state index in [2.05, 4.69) is 52.2 Å². The average Bonchev–Trinajstić information content (AvgIpc) is 2.42. The van der Waals surface area contributed by atoms with Gasteiger partial charge in [0.25, 0.3) is 0 Å². The van der Waals surface area contributed by atoms with Crippen molar-refractivity contribution >= 4 is 28.3 Å². The predicted octanol–water partition coefficient (Wildman–Crippen LogP) is 6.38.